The molecule has 54 heavy (non-hydrogen) atoms. The van der Waals surface area contributed by atoms with Gasteiger partial charge in [-0.25, -0.2) is 9.78 Å². The van der Waals surface area contributed by atoms with Crippen LogP contribution in [-0.2, 0) is 25.5 Å². The number of carbonyl (C=O) groups is 5. The molecule has 2 N–H and O–H groups in total. The van der Waals surface area contributed by atoms with Gasteiger partial charge in [-0.1, -0.05) is 31.2 Å². The third kappa shape index (κ3) is 11.5. The van der Waals surface area contributed by atoms with Crippen molar-refractivity contribution in [3.05, 3.63) is 47.8 Å². The minimum atomic E-state index is -0.795. The van der Waals surface area contributed by atoms with Crippen molar-refractivity contribution in [2.45, 2.75) is 65.4 Å². The van der Waals surface area contributed by atoms with Crippen molar-refractivity contribution in [3.63, 3.8) is 0 Å². The number of amides is 4. The number of pyridine rings is 1. The van der Waals surface area contributed by atoms with E-state index in [4.69, 9.17) is 9.84 Å². The van der Waals surface area contributed by atoms with E-state index in [9.17, 15) is 24.0 Å². The number of hydrogen-bond acceptors (Lipinski definition) is 9. The first-order valence-electron chi connectivity index (χ1n) is 19.2. The molecule has 294 valence electrons. The van der Waals surface area contributed by atoms with Gasteiger partial charge >= 0.3 is 12.1 Å². The monoisotopic (exact) mass is 747 g/mol. The fourth-order valence-electron chi connectivity index (χ4n) is 7.39. The number of ether oxygens (including phenoxy) is 1. The third-order valence-corrected chi connectivity index (χ3v) is 10.5. The van der Waals surface area contributed by atoms with Gasteiger partial charge in [-0.2, -0.15) is 0 Å². The van der Waals surface area contributed by atoms with Crippen LogP contribution < -0.4 is 5.32 Å². The van der Waals surface area contributed by atoms with Gasteiger partial charge in [-0.3, -0.25) is 33.9 Å². The molecule has 4 heterocycles. The Morgan fingerprint density at radius 2 is 1.65 bits per heavy atom. The second kappa shape index (κ2) is 18.2. The van der Waals surface area contributed by atoms with Gasteiger partial charge in [0.2, 0.25) is 11.8 Å². The molecular weight excluding hydrogens is 690 g/mol. The molecule has 1 aromatic carbocycles. The number of aliphatic carboxylic acids is 1. The Labute approximate surface area is 318 Å². The van der Waals surface area contributed by atoms with Crippen molar-refractivity contribution < 1.29 is 33.8 Å². The second-order valence-electron chi connectivity index (χ2n) is 16.0. The summed E-state index contributed by atoms with van der Waals surface area (Å²) in [5.74, 6) is -1.22. The van der Waals surface area contributed by atoms with Gasteiger partial charge in [-0.15, -0.1) is 0 Å². The molecule has 5 rings (SSSR count). The number of rotatable bonds is 12. The first-order chi connectivity index (χ1) is 25.7. The summed E-state index contributed by atoms with van der Waals surface area (Å²) in [6.45, 7) is 12.8. The number of anilines is 1. The normalized spacial score (nSPS) is 19.1. The van der Waals surface area contributed by atoms with E-state index < -0.39 is 23.6 Å². The Morgan fingerprint density at radius 1 is 0.944 bits per heavy atom. The predicted molar refractivity (Wildman–Crippen MR) is 205 cm³/mol. The maximum Gasteiger partial charge on any atom is 0.410 e. The van der Waals surface area contributed by atoms with Crippen LogP contribution in [0.3, 0.4) is 0 Å². The lowest BCUT2D eigenvalue weighted by Gasteiger charge is -2.38. The Hall–Kier alpha value is -4.56. The van der Waals surface area contributed by atoms with Gasteiger partial charge < -0.3 is 25.0 Å². The van der Waals surface area contributed by atoms with Crippen LogP contribution in [0.25, 0.3) is 11.1 Å². The number of carboxylic acid groups (broad SMARTS) is 1. The molecule has 0 radical (unpaired) electrons. The van der Waals surface area contributed by atoms with Crippen LogP contribution in [0.2, 0.25) is 0 Å². The van der Waals surface area contributed by atoms with Crippen LogP contribution in [0.5, 0.6) is 0 Å². The van der Waals surface area contributed by atoms with Crippen LogP contribution in [-0.4, -0.2) is 149 Å². The minimum absolute atomic E-state index is 0.00262. The second-order valence-corrected chi connectivity index (χ2v) is 16.0. The third-order valence-electron chi connectivity index (χ3n) is 10.5. The molecule has 3 saturated heterocycles. The predicted octanol–water partition coefficient (Wildman–Crippen LogP) is 3.91. The molecule has 14 nitrogen and oxygen atoms in total. The minimum Gasteiger partial charge on any atom is -0.480 e. The number of benzene rings is 1. The van der Waals surface area contributed by atoms with E-state index in [2.05, 4.69) is 28.2 Å². The summed E-state index contributed by atoms with van der Waals surface area (Å²) in [6, 6.07) is 9.81. The van der Waals surface area contributed by atoms with Crippen molar-refractivity contribution in [2.24, 2.45) is 11.8 Å². The number of piperazine rings is 1. The van der Waals surface area contributed by atoms with Crippen molar-refractivity contribution >= 4 is 35.5 Å². The summed E-state index contributed by atoms with van der Waals surface area (Å²) >= 11 is 0. The van der Waals surface area contributed by atoms with Crippen LogP contribution in [0.15, 0.2) is 36.5 Å². The zero-order valence-corrected chi connectivity index (χ0v) is 32.5. The summed E-state index contributed by atoms with van der Waals surface area (Å²) in [4.78, 5) is 78.6. The zero-order valence-electron chi connectivity index (χ0n) is 32.5. The number of piperidine rings is 2. The molecule has 14 heteroatoms. The fourth-order valence-corrected chi connectivity index (χ4v) is 7.39. The summed E-state index contributed by atoms with van der Waals surface area (Å²) < 4.78 is 5.67. The Kier molecular flexibility index (Phi) is 13.7. The Bertz CT molecular complexity index is 1660. The molecule has 0 aliphatic carbocycles. The Morgan fingerprint density at radius 3 is 2.30 bits per heavy atom. The number of aromatic nitrogens is 1. The van der Waals surface area contributed by atoms with Crippen LogP contribution in [0.1, 0.15) is 69.4 Å². The average Bonchev–Trinajstić information content (AvgIpc) is 3.13. The molecule has 1 atom stereocenters. The molecule has 3 fully saturated rings. The average molecular weight is 748 g/mol. The van der Waals surface area contributed by atoms with Crippen molar-refractivity contribution in [1.29, 1.82) is 0 Å². The van der Waals surface area contributed by atoms with Gasteiger partial charge in [0.1, 0.15) is 12.1 Å². The highest BCUT2D eigenvalue weighted by Gasteiger charge is 2.32. The highest BCUT2D eigenvalue weighted by atomic mass is 16.6. The summed E-state index contributed by atoms with van der Waals surface area (Å²) in [5.41, 5.74) is 2.39. The molecule has 2 aromatic rings. The van der Waals surface area contributed by atoms with E-state index in [1.54, 1.807) is 49.9 Å². The number of carboxylic acids is 1. The lowest BCUT2D eigenvalue weighted by molar-refractivity contribution is -0.138. The number of nitrogens with zero attached hydrogens (tertiary/aromatic N) is 6. The van der Waals surface area contributed by atoms with E-state index in [1.807, 2.05) is 23.1 Å². The van der Waals surface area contributed by atoms with E-state index in [1.165, 1.54) is 4.90 Å². The van der Waals surface area contributed by atoms with Crippen molar-refractivity contribution in [1.82, 2.24) is 29.5 Å². The van der Waals surface area contributed by atoms with E-state index >= 15 is 0 Å². The van der Waals surface area contributed by atoms with E-state index in [0.717, 1.165) is 55.6 Å². The topological polar surface area (TPSA) is 156 Å². The van der Waals surface area contributed by atoms with E-state index in [0.29, 0.717) is 45.1 Å². The number of hydrogen-bond donors (Lipinski definition) is 2. The molecule has 3 aliphatic rings. The standard InChI is InChI=1S/C40H57N7O7/c1-6-28-8-7-9-31(20-28)32-22-33(42-34(48)26-47(39(53)54-40(2,3)4)25-30-10-13-43(5)35(49)21-30)37(41-23-32)38(52)46-18-16-45(17-19-46)24-29-11-14-44(15-12-29)27-36(50)51/h7-9,20,22-23,29-30H,6,10-19,21,24-27H2,1-5H3,(H,42,48)(H,50,51). The highest BCUT2D eigenvalue weighted by molar-refractivity contribution is 6.04. The number of carbonyl (C=O) groups excluding carboxylic acids is 4. The smallest absolute Gasteiger partial charge is 0.410 e. The summed E-state index contributed by atoms with van der Waals surface area (Å²) in [7, 11) is 1.76. The number of nitrogens with one attached hydrogen (secondary N) is 1. The van der Waals surface area contributed by atoms with Crippen molar-refractivity contribution in [2.75, 3.05) is 84.4 Å². The largest absolute Gasteiger partial charge is 0.480 e. The lowest BCUT2D eigenvalue weighted by Crippen LogP contribution is -2.51. The molecule has 1 aromatic heterocycles. The molecular formula is C40H57N7O7. The molecule has 0 spiro atoms. The highest BCUT2D eigenvalue weighted by Crippen LogP contribution is 2.27. The molecule has 3 aliphatic heterocycles. The molecule has 0 bridgehead atoms. The quantitative estimate of drug-likeness (QED) is 0.327. The Balaban J connectivity index is 1.30. The zero-order chi connectivity index (χ0) is 39.0. The number of aryl methyl sites for hydroxylation is 1. The first kappa shape index (κ1) is 40.6. The van der Waals surface area contributed by atoms with Gasteiger partial charge in [0.15, 0.2) is 5.69 Å². The van der Waals surface area contributed by atoms with Crippen LogP contribution >= 0.6 is 0 Å². The maximum absolute atomic E-state index is 14.1. The van der Waals surface area contributed by atoms with Gasteiger partial charge in [-0.05, 0) is 88.6 Å². The summed E-state index contributed by atoms with van der Waals surface area (Å²) in [5, 5.41) is 12.0. The van der Waals surface area contributed by atoms with Crippen LogP contribution in [0.4, 0.5) is 10.5 Å². The van der Waals surface area contributed by atoms with E-state index in [-0.39, 0.29) is 55.2 Å². The molecule has 4 amide bonds. The first-order valence-corrected chi connectivity index (χ1v) is 19.2. The van der Waals surface area contributed by atoms with Gasteiger partial charge in [0, 0.05) is 71.0 Å². The van der Waals surface area contributed by atoms with Gasteiger partial charge in [0.05, 0.1) is 12.2 Å². The SMILES string of the molecule is CCc1cccc(-c2cnc(C(=O)N3CCN(CC4CCN(CC(=O)O)CC4)CC3)c(NC(=O)CN(CC3CCN(C)C(=O)C3)C(=O)OC(C)(C)C)c2)c1. The summed E-state index contributed by atoms with van der Waals surface area (Å²) in [6.07, 6.45) is 4.74. The fraction of sp³-hybridized carbons (Fsp3) is 0.600. The van der Waals surface area contributed by atoms with Crippen molar-refractivity contribution in [3.8, 4) is 11.1 Å². The molecule has 1 unspecified atom stereocenters. The van der Waals surface area contributed by atoms with Crippen LogP contribution in [0, 0.1) is 11.8 Å². The van der Waals surface area contributed by atoms with Gasteiger partial charge in [0.25, 0.3) is 5.91 Å². The molecule has 0 saturated carbocycles. The number of likely N-dealkylation sites (tertiary alicyclic amines) is 2. The maximum atomic E-state index is 14.1. The lowest BCUT2D eigenvalue weighted by atomic mass is 9.96.